The smallest absolute Gasteiger partial charge is 0.127 e. The molecule has 0 amide bonds. The van der Waals surface area contributed by atoms with Gasteiger partial charge in [0.25, 0.3) is 0 Å². The number of para-hydroxylation sites is 1. The SMILES string of the molecule is NC1CC(CNc2ccc(Oc3ccccc3)cc2)C1. The maximum Gasteiger partial charge on any atom is 0.127 e. The van der Waals surface area contributed by atoms with Gasteiger partial charge in [-0.25, -0.2) is 0 Å². The van der Waals surface area contributed by atoms with E-state index in [1.807, 2.05) is 42.5 Å². The Morgan fingerprint density at radius 1 is 0.950 bits per heavy atom. The average molecular weight is 268 g/mol. The van der Waals surface area contributed by atoms with E-state index in [4.69, 9.17) is 10.5 Å². The Labute approximate surface area is 119 Å². The van der Waals surface area contributed by atoms with Gasteiger partial charge >= 0.3 is 0 Å². The molecule has 0 aromatic heterocycles. The third-order valence-electron chi connectivity index (χ3n) is 3.70. The van der Waals surface area contributed by atoms with Gasteiger partial charge in [0, 0.05) is 18.3 Å². The van der Waals surface area contributed by atoms with Gasteiger partial charge in [0.1, 0.15) is 11.5 Å². The summed E-state index contributed by atoms with van der Waals surface area (Å²) >= 11 is 0. The maximum atomic E-state index is 5.79. The van der Waals surface area contributed by atoms with Crippen molar-refractivity contribution in [3.8, 4) is 11.5 Å². The summed E-state index contributed by atoms with van der Waals surface area (Å²) in [6, 6.07) is 18.3. The second-order valence-electron chi connectivity index (χ2n) is 5.42. The molecule has 0 saturated heterocycles. The highest BCUT2D eigenvalue weighted by atomic mass is 16.5. The van der Waals surface area contributed by atoms with Gasteiger partial charge < -0.3 is 15.8 Å². The Hall–Kier alpha value is -2.00. The summed E-state index contributed by atoms with van der Waals surface area (Å²) in [5, 5.41) is 3.45. The van der Waals surface area contributed by atoms with Crippen LogP contribution in [0.3, 0.4) is 0 Å². The summed E-state index contributed by atoms with van der Waals surface area (Å²) in [6.45, 7) is 1.01. The van der Waals surface area contributed by atoms with Crippen molar-refractivity contribution < 1.29 is 4.74 Å². The van der Waals surface area contributed by atoms with Crippen LogP contribution in [0.25, 0.3) is 0 Å². The van der Waals surface area contributed by atoms with Crippen molar-refractivity contribution in [2.24, 2.45) is 11.7 Å². The van der Waals surface area contributed by atoms with Gasteiger partial charge in [-0.05, 0) is 55.2 Å². The van der Waals surface area contributed by atoms with Gasteiger partial charge in [-0.3, -0.25) is 0 Å². The number of anilines is 1. The number of nitrogens with one attached hydrogen (secondary N) is 1. The molecule has 0 spiro atoms. The number of rotatable bonds is 5. The minimum absolute atomic E-state index is 0.420. The summed E-state index contributed by atoms with van der Waals surface area (Å²) in [6.07, 6.45) is 2.28. The molecule has 0 radical (unpaired) electrons. The van der Waals surface area contributed by atoms with Crippen LogP contribution in [-0.2, 0) is 0 Å². The first-order valence-corrected chi connectivity index (χ1v) is 7.12. The Kier molecular flexibility index (Phi) is 3.88. The molecule has 104 valence electrons. The van der Waals surface area contributed by atoms with Crippen molar-refractivity contribution in [2.75, 3.05) is 11.9 Å². The predicted octanol–water partition coefficient (Wildman–Crippen LogP) is 3.63. The highest BCUT2D eigenvalue weighted by Gasteiger charge is 2.25. The quantitative estimate of drug-likeness (QED) is 0.870. The molecule has 20 heavy (non-hydrogen) atoms. The molecule has 3 nitrogen and oxygen atoms in total. The molecule has 3 rings (SSSR count). The number of ether oxygens (including phenoxy) is 1. The third-order valence-corrected chi connectivity index (χ3v) is 3.70. The lowest BCUT2D eigenvalue weighted by Crippen LogP contribution is -2.39. The average Bonchev–Trinajstić information content (AvgIpc) is 2.45. The first kappa shape index (κ1) is 13.0. The fourth-order valence-electron chi connectivity index (χ4n) is 2.48. The highest BCUT2D eigenvalue weighted by Crippen LogP contribution is 2.27. The van der Waals surface area contributed by atoms with Crippen molar-refractivity contribution in [1.82, 2.24) is 0 Å². The second kappa shape index (κ2) is 5.97. The molecular weight excluding hydrogens is 248 g/mol. The molecule has 0 atom stereocenters. The van der Waals surface area contributed by atoms with Crippen LogP contribution in [0.2, 0.25) is 0 Å². The first-order valence-electron chi connectivity index (χ1n) is 7.12. The summed E-state index contributed by atoms with van der Waals surface area (Å²) in [7, 11) is 0. The largest absolute Gasteiger partial charge is 0.457 e. The fraction of sp³-hybridized carbons (Fsp3) is 0.294. The molecule has 0 bridgehead atoms. The first-order chi connectivity index (χ1) is 9.79. The van der Waals surface area contributed by atoms with Crippen molar-refractivity contribution in [3.05, 3.63) is 54.6 Å². The van der Waals surface area contributed by atoms with Crippen LogP contribution in [0.15, 0.2) is 54.6 Å². The van der Waals surface area contributed by atoms with E-state index in [2.05, 4.69) is 17.4 Å². The summed E-state index contributed by atoms with van der Waals surface area (Å²) < 4.78 is 5.76. The molecule has 1 aliphatic rings. The maximum absolute atomic E-state index is 5.79. The van der Waals surface area contributed by atoms with E-state index in [0.717, 1.165) is 42.5 Å². The van der Waals surface area contributed by atoms with E-state index in [1.165, 1.54) is 0 Å². The van der Waals surface area contributed by atoms with Gasteiger partial charge in [0.2, 0.25) is 0 Å². The normalized spacial score (nSPS) is 21.1. The zero-order chi connectivity index (χ0) is 13.8. The van der Waals surface area contributed by atoms with E-state index >= 15 is 0 Å². The molecule has 0 unspecified atom stereocenters. The van der Waals surface area contributed by atoms with Gasteiger partial charge in [-0.1, -0.05) is 18.2 Å². The number of hydrogen-bond donors (Lipinski definition) is 2. The molecule has 1 saturated carbocycles. The zero-order valence-corrected chi connectivity index (χ0v) is 11.5. The lowest BCUT2D eigenvalue weighted by Gasteiger charge is -2.32. The van der Waals surface area contributed by atoms with Crippen molar-refractivity contribution >= 4 is 5.69 Å². The Morgan fingerprint density at radius 3 is 2.25 bits per heavy atom. The standard InChI is InChI=1S/C17H20N2O/c18-14-10-13(11-14)12-19-15-6-8-17(9-7-15)20-16-4-2-1-3-5-16/h1-9,13-14,19H,10-12,18H2. The Bertz CT molecular complexity index is 533. The van der Waals surface area contributed by atoms with Crippen LogP contribution in [0.1, 0.15) is 12.8 Å². The van der Waals surface area contributed by atoms with E-state index in [-0.39, 0.29) is 0 Å². The third kappa shape index (κ3) is 3.31. The monoisotopic (exact) mass is 268 g/mol. The highest BCUT2D eigenvalue weighted by molar-refractivity contribution is 5.47. The summed E-state index contributed by atoms with van der Waals surface area (Å²) in [5.41, 5.74) is 6.92. The molecule has 2 aromatic rings. The van der Waals surface area contributed by atoms with Crippen LogP contribution in [0.5, 0.6) is 11.5 Å². The van der Waals surface area contributed by atoms with Crippen LogP contribution >= 0.6 is 0 Å². The molecule has 3 N–H and O–H groups in total. The van der Waals surface area contributed by atoms with Crippen molar-refractivity contribution in [3.63, 3.8) is 0 Å². The van der Waals surface area contributed by atoms with Crippen LogP contribution in [0, 0.1) is 5.92 Å². The van der Waals surface area contributed by atoms with E-state index in [9.17, 15) is 0 Å². The summed E-state index contributed by atoms with van der Waals surface area (Å²) in [5.74, 6) is 2.44. The van der Waals surface area contributed by atoms with E-state index in [1.54, 1.807) is 0 Å². The van der Waals surface area contributed by atoms with Gasteiger partial charge in [0.15, 0.2) is 0 Å². The van der Waals surface area contributed by atoms with Gasteiger partial charge in [0.05, 0.1) is 0 Å². The molecule has 0 heterocycles. The molecule has 1 aliphatic carbocycles. The minimum Gasteiger partial charge on any atom is -0.457 e. The molecule has 2 aromatic carbocycles. The molecule has 1 fully saturated rings. The topological polar surface area (TPSA) is 47.3 Å². The molecule has 3 heteroatoms. The van der Waals surface area contributed by atoms with Crippen LogP contribution < -0.4 is 15.8 Å². The lowest BCUT2D eigenvalue weighted by atomic mass is 9.81. The second-order valence-corrected chi connectivity index (χ2v) is 5.42. The zero-order valence-electron chi connectivity index (χ0n) is 11.5. The van der Waals surface area contributed by atoms with Crippen LogP contribution in [-0.4, -0.2) is 12.6 Å². The van der Waals surface area contributed by atoms with Crippen LogP contribution in [0.4, 0.5) is 5.69 Å². The minimum atomic E-state index is 0.420. The summed E-state index contributed by atoms with van der Waals surface area (Å²) in [4.78, 5) is 0. The number of hydrogen-bond acceptors (Lipinski definition) is 3. The van der Waals surface area contributed by atoms with Crippen molar-refractivity contribution in [2.45, 2.75) is 18.9 Å². The van der Waals surface area contributed by atoms with E-state index < -0.39 is 0 Å². The number of benzene rings is 2. The Morgan fingerprint density at radius 2 is 1.60 bits per heavy atom. The molecule has 0 aliphatic heterocycles. The van der Waals surface area contributed by atoms with Gasteiger partial charge in [-0.2, -0.15) is 0 Å². The number of nitrogens with two attached hydrogens (primary N) is 1. The fourth-order valence-corrected chi connectivity index (χ4v) is 2.48. The predicted molar refractivity (Wildman–Crippen MR) is 82.1 cm³/mol. The lowest BCUT2D eigenvalue weighted by molar-refractivity contribution is 0.280. The molecular formula is C17H20N2O. The van der Waals surface area contributed by atoms with E-state index in [0.29, 0.717) is 6.04 Å². The van der Waals surface area contributed by atoms with Gasteiger partial charge in [-0.15, -0.1) is 0 Å². The van der Waals surface area contributed by atoms with Crippen molar-refractivity contribution in [1.29, 1.82) is 0 Å². The Balaban J connectivity index is 1.52.